The van der Waals surface area contributed by atoms with Crippen LogP contribution in [0, 0.1) is 0 Å². The van der Waals surface area contributed by atoms with Crippen LogP contribution in [0.2, 0.25) is 0 Å². The molecule has 0 fully saturated rings. The van der Waals surface area contributed by atoms with E-state index in [1.54, 1.807) is 25.3 Å². The maximum Gasteiger partial charge on any atom is 0.356 e. The molecule has 0 bridgehead atoms. The largest absolute Gasteiger partial charge is 0.461 e. The normalized spacial score (nSPS) is 10.2. The molecule has 2 N–H and O–H groups in total. The zero-order chi connectivity index (χ0) is 15.1. The third-order valence-corrected chi connectivity index (χ3v) is 2.95. The van der Waals surface area contributed by atoms with Crippen molar-refractivity contribution in [2.75, 3.05) is 11.9 Å². The van der Waals surface area contributed by atoms with E-state index in [0.29, 0.717) is 18.8 Å². The van der Waals surface area contributed by atoms with E-state index in [9.17, 15) is 4.79 Å². The van der Waals surface area contributed by atoms with Gasteiger partial charge in [-0.2, -0.15) is 0 Å². The molecule has 0 atom stereocenters. The number of rotatable bonds is 6. The van der Waals surface area contributed by atoms with Crippen molar-refractivity contribution < 1.29 is 14.6 Å². The van der Waals surface area contributed by atoms with Gasteiger partial charge in [-0.25, -0.2) is 9.78 Å². The Morgan fingerprint density at radius 3 is 2.48 bits per heavy atom. The Hall–Kier alpha value is -2.40. The van der Waals surface area contributed by atoms with Gasteiger partial charge in [0.25, 0.3) is 0 Å². The van der Waals surface area contributed by atoms with E-state index in [2.05, 4.69) is 10.3 Å². The number of aliphatic hydroxyl groups is 1. The molecule has 5 nitrogen and oxygen atoms in total. The van der Waals surface area contributed by atoms with Crippen molar-refractivity contribution in [3.05, 3.63) is 59.4 Å². The molecule has 110 valence electrons. The number of aliphatic hydroxyl groups excluding tert-OH is 1. The van der Waals surface area contributed by atoms with Crippen molar-refractivity contribution in [3.63, 3.8) is 0 Å². The Morgan fingerprint density at radius 1 is 1.19 bits per heavy atom. The smallest absolute Gasteiger partial charge is 0.356 e. The van der Waals surface area contributed by atoms with Crippen LogP contribution < -0.4 is 5.32 Å². The molecular weight excluding hydrogens is 268 g/mol. The third-order valence-electron chi connectivity index (χ3n) is 2.95. The molecule has 0 aliphatic rings. The Morgan fingerprint density at radius 2 is 1.90 bits per heavy atom. The second-order valence-corrected chi connectivity index (χ2v) is 4.48. The van der Waals surface area contributed by atoms with Gasteiger partial charge in [0.1, 0.15) is 5.69 Å². The molecule has 0 amide bonds. The third kappa shape index (κ3) is 4.29. The number of pyridine rings is 1. The second kappa shape index (κ2) is 7.40. The molecule has 5 heteroatoms. The molecule has 0 radical (unpaired) electrons. The lowest BCUT2D eigenvalue weighted by Gasteiger charge is -2.07. The van der Waals surface area contributed by atoms with Crippen molar-refractivity contribution in [2.45, 2.75) is 20.1 Å². The fraction of sp³-hybridized carbons (Fsp3) is 0.250. The summed E-state index contributed by atoms with van der Waals surface area (Å²) in [6, 6.07) is 11.1. The van der Waals surface area contributed by atoms with Crippen molar-refractivity contribution in [3.8, 4) is 0 Å². The quantitative estimate of drug-likeness (QED) is 0.798. The van der Waals surface area contributed by atoms with Crippen molar-refractivity contribution >= 4 is 11.7 Å². The van der Waals surface area contributed by atoms with Crippen LogP contribution in [0.15, 0.2) is 42.6 Å². The maximum absolute atomic E-state index is 11.5. The first-order chi connectivity index (χ1) is 10.2. The lowest BCUT2D eigenvalue weighted by atomic mass is 10.1. The summed E-state index contributed by atoms with van der Waals surface area (Å²) in [6.07, 6.45) is 1.61. The van der Waals surface area contributed by atoms with Crippen LogP contribution in [-0.2, 0) is 17.9 Å². The molecule has 0 unspecified atom stereocenters. The van der Waals surface area contributed by atoms with Crippen molar-refractivity contribution in [2.24, 2.45) is 0 Å². The highest BCUT2D eigenvalue weighted by atomic mass is 16.5. The van der Waals surface area contributed by atoms with E-state index in [4.69, 9.17) is 9.84 Å². The number of hydrogen-bond acceptors (Lipinski definition) is 5. The zero-order valence-corrected chi connectivity index (χ0v) is 11.9. The Bertz CT molecular complexity index is 579. The molecule has 21 heavy (non-hydrogen) atoms. The first-order valence-corrected chi connectivity index (χ1v) is 6.78. The molecule has 2 aromatic rings. The minimum atomic E-state index is -0.413. The SMILES string of the molecule is CCOC(=O)c1ccc(NCc2ccc(CO)cc2)cn1. The first kappa shape index (κ1) is 15.0. The molecule has 0 saturated heterocycles. The average Bonchev–Trinajstić information content (AvgIpc) is 2.54. The summed E-state index contributed by atoms with van der Waals surface area (Å²) in [5.74, 6) is -0.413. The highest BCUT2D eigenvalue weighted by Gasteiger charge is 2.07. The van der Waals surface area contributed by atoms with Crippen LogP contribution in [0.5, 0.6) is 0 Å². The van der Waals surface area contributed by atoms with E-state index in [1.807, 2.05) is 24.3 Å². The summed E-state index contributed by atoms with van der Waals surface area (Å²) in [4.78, 5) is 15.5. The summed E-state index contributed by atoms with van der Waals surface area (Å²) in [6.45, 7) is 2.79. The van der Waals surface area contributed by atoms with Crippen LogP contribution in [0.25, 0.3) is 0 Å². The van der Waals surface area contributed by atoms with Gasteiger partial charge in [-0.15, -0.1) is 0 Å². The molecule has 2 rings (SSSR count). The fourth-order valence-corrected chi connectivity index (χ4v) is 1.79. The summed E-state index contributed by atoms with van der Waals surface area (Å²) >= 11 is 0. The van der Waals surface area contributed by atoms with E-state index in [0.717, 1.165) is 16.8 Å². The van der Waals surface area contributed by atoms with Crippen molar-refractivity contribution in [1.29, 1.82) is 0 Å². The van der Waals surface area contributed by atoms with E-state index >= 15 is 0 Å². The number of anilines is 1. The van der Waals surface area contributed by atoms with Crippen LogP contribution in [0.1, 0.15) is 28.5 Å². The standard InChI is InChI=1S/C16H18N2O3/c1-2-21-16(20)15-8-7-14(10-18-15)17-9-12-3-5-13(11-19)6-4-12/h3-8,10,17,19H,2,9,11H2,1H3. The van der Waals surface area contributed by atoms with E-state index in [1.165, 1.54) is 0 Å². The van der Waals surface area contributed by atoms with Gasteiger partial charge in [-0.3, -0.25) is 0 Å². The van der Waals surface area contributed by atoms with Crippen LogP contribution >= 0.6 is 0 Å². The van der Waals surface area contributed by atoms with Gasteiger partial charge < -0.3 is 15.2 Å². The number of esters is 1. The molecular formula is C16H18N2O3. The molecule has 1 heterocycles. The van der Waals surface area contributed by atoms with E-state index < -0.39 is 5.97 Å². The van der Waals surface area contributed by atoms with Gasteiger partial charge in [-0.05, 0) is 30.2 Å². The number of carbonyl (C=O) groups excluding carboxylic acids is 1. The van der Waals surface area contributed by atoms with Crippen LogP contribution in [0.3, 0.4) is 0 Å². The molecule has 1 aromatic carbocycles. The Kier molecular flexibility index (Phi) is 5.29. The minimum absolute atomic E-state index is 0.0486. The molecule has 0 aliphatic heterocycles. The topological polar surface area (TPSA) is 71.5 Å². The number of hydrogen-bond donors (Lipinski definition) is 2. The summed E-state index contributed by atoms with van der Waals surface area (Å²) < 4.78 is 4.88. The lowest BCUT2D eigenvalue weighted by Crippen LogP contribution is -2.07. The maximum atomic E-state index is 11.5. The summed E-state index contributed by atoms with van der Waals surface area (Å²) in [7, 11) is 0. The van der Waals surface area contributed by atoms with Gasteiger partial charge in [0.15, 0.2) is 0 Å². The minimum Gasteiger partial charge on any atom is -0.461 e. The van der Waals surface area contributed by atoms with E-state index in [-0.39, 0.29) is 6.61 Å². The predicted octanol–water partition coefficient (Wildman–Crippen LogP) is 2.36. The van der Waals surface area contributed by atoms with Gasteiger partial charge in [-0.1, -0.05) is 24.3 Å². The molecule has 0 spiro atoms. The number of aromatic nitrogens is 1. The fourth-order valence-electron chi connectivity index (χ4n) is 1.79. The molecule has 1 aromatic heterocycles. The van der Waals surface area contributed by atoms with Gasteiger partial charge >= 0.3 is 5.97 Å². The summed E-state index contributed by atoms with van der Waals surface area (Å²) in [5, 5.41) is 12.2. The number of benzene rings is 1. The van der Waals surface area contributed by atoms with Gasteiger partial charge in [0.2, 0.25) is 0 Å². The number of ether oxygens (including phenoxy) is 1. The van der Waals surface area contributed by atoms with Crippen LogP contribution in [0.4, 0.5) is 5.69 Å². The molecule has 0 aliphatic carbocycles. The van der Waals surface area contributed by atoms with Gasteiger partial charge in [0, 0.05) is 6.54 Å². The zero-order valence-electron chi connectivity index (χ0n) is 11.9. The Labute approximate surface area is 123 Å². The number of carbonyl (C=O) groups is 1. The highest BCUT2D eigenvalue weighted by Crippen LogP contribution is 2.10. The monoisotopic (exact) mass is 286 g/mol. The lowest BCUT2D eigenvalue weighted by molar-refractivity contribution is 0.0519. The Balaban J connectivity index is 1.92. The van der Waals surface area contributed by atoms with Crippen molar-refractivity contribution in [1.82, 2.24) is 4.98 Å². The number of nitrogens with one attached hydrogen (secondary N) is 1. The number of nitrogens with zero attached hydrogens (tertiary/aromatic N) is 1. The van der Waals surface area contributed by atoms with Crippen LogP contribution in [-0.4, -0.2) is 22.7 Å². The predicted molar refractivity (Wildman–Crippen MR) is 79.9 cm³/mol. The summed E-state index contributed by atoms with van der Waals surface area (Å²) in [5.41, 5.74) is 3.12. The first-order valence-electron chi connectivity index (χ1n) is 6.78. The van der Waals surface area contributed by atoms with Gasteiger partial charge in [0.05, 0.1) is 25.1 Å². The average molecular weight is 286 g/mol. The molecule has 0 saturated carbocycles. The highest BCUT2D eigenvalue weighted by molar-refractivity contribution is 5.87. The second-order valence-electron chi connectivity index (χ2n) is 4.48.